The number of likely N-dealkylation sites (N-methyl/N-ethyl adjacent to an activating group) is 1. The molecule has 1 saturated carbocycles. The molecule has 2 amide bonds. The summed E-state index contributed by atoms with van der Waals surface area (Å²) < 4.78 is 5.51. The number of aldehydes is 1. The second kappa shape index (κ2) is 11.6. The van der Waals surface area contributed by atoms with Gasteiger partial charge in [-0.25, -0.2) is 0 Å². The summed E-state index contributed by atoms with van der Waals surface area (Å²) in [4.78, 5) is 34.3. The van der Waals surface area contributed by atoms with E-state index < -0.39 is 5.91 Å². The van der Waals surface area contributed by atoms with E-state index >= 15 is 0 Å². The number of benzene rings is 1. The highest BCUT2D eigenvalue weighted by molar-refractivity contribution is 5.84. The number of hydrogen-bond donors (Lipinski definition) is 1. The number of carbonyl (C=O) groups excluding carboxylic acids is 3. The molecule has 2 saturated heterocycles. The van der Waals surface area contributed by atoms with Gasteiger partial charge in [0.1, 0.15) is 12.0 Å². The maximum Gasteiger partial charge on any atom is 0.237 e. The predicted octanol–water partition coefficient (Wildman–Crippen LogP) is 2.85. The van der Waals surface area contributed by atoms with Crippen LogP contribution in [0.25, 0.3) is 0 Å². The van der Waals surface area contributed by atoms with Crippen LogP contribution >= 0.6 is 0 Å². The minimum atomic E-state index is -0.435. The topological polar surface area (TPSA) is 92.9 Å². The van der Waals surface area contributed by atoms with E-state index in [-0.39, 0.29) is 12.5 Å². The van der Waals surface area contributed by atoms with Crippen LogP contribution in [0.2, 0.25) is 0 Å². The minimum absolute atomic E-state index is 0.0406. The number of allylic oxidation sites excluding steroid dienone is 1. The number of methoxy groups -OCH3 is 1. The third kappa shape index (κ3) is 5.52. The molecule has 3 fully saturated rings. The Kier molecular flexibility index (Phi) is 8.89. The Morgan fingerprint density at radius 1 is 1.26 bits per heavy atom. The first-order chi connectivity index (χ1) is 16.4. The van der Waals surface area contributed by atoms with Crippen LogP contribution in [-0.4, -0.2) is 67.7 Å². The zero-order chi connectivity index (χ0) is 24.7. The fraction of sp³-hybridized carbons (Fsp3) is 0.593. The van der Waals surface area contributed by atoms with Crippen LogP contribution < -0.4 is 10.5 Å². The van der Waals surface area contributed by atoms with E-state index in [0.29, 0.717) is 24.7 Å². The lowest BCUT2D eigenvalue weighted by Crippen LogP contribution is -2.59. The molecule has 0 unspecified atom stereocenters. The van der Waals surface area contributed by atoms with Gasteiger partial charge in [-0.2, -0.15) is 0 Å². The summed E-state index contributed by atoms with van der Waals surface area (Å²) >= 11 is 0. The lowest BCUT2D eigenvalue weighted by molar-refractivity contribution is -0.132. The number of nitrogens with two attached hydrogens (primary N) is 1. The van der Waals surface area contributed by atoms with E-state index in [2.05, 4.69) is 36.7 Å². The molecule has 7 heteroatoms. The van der Waals surface area contributed by atoms with Crippen molar-refractivity contribution in [3.63, 3.8) is 0 Å². The third-order valence-electron chi connectivity index (χ3n) is 7.94. The number of ether oxygens (including phenoxy) is 1. The second-order valence-corrected chi connectivity index (χ2v) is 9.79. The lowest BCUT2D eigenvalue weighted by Gasteiger charge is -2.58. The lowest BCUT2D eigenvalue weighted by atomic mass is 9.52. The molecule has 0 aromatic heterocycles. The van der Waals surface area contributed by atoms with Crippen LogP contribution in [0.4, 0.5) is 0 Å². The van der Waals surface area contributed by atoms with Gasteiger partial charge in [-0.05, 0) is 81.0 Å². The van der Waals surface area contributed by atoms with Crippen molar-refractivity contribution in [2.75, 3.05) is 33.8 Å². The fourth-order valence-electron chi connectivity index (χ4n) is 6.36. The minimum Gasteiger partial charge on any atom is -0.497 e. The van der Waals surface area contributed by atoms with Gasteiger partial charge in [-0.15, -0.1) is 0 Å². The summed E-state index contributed by atoms with van der Waals surface area (Å²) in [6, 6.07) is 7.60. The van der Waals surface area contributed by atoms with Crippen molar-refractivity contribution in [1.82, 2.24) is 9.80 Å². The summed E-state index contributed by atoms with van der Waals surface area (Å²) in [5.74, 6) is 1.52. The predicted molar refractivity (Wildman–Crippen MR) is 133 cm³/mol. The van der Waals surface area contributed by atoms with Crippen molar-refractivity contribution in [2.24, 2.45) is 11.7 Å². The summed E-state index contributed by atoms with van der Waals surface area (Å²) in [5, 5.41) is 0. The number of rotatable bonds is 4. The second-order valence-electron chi connectivity index (χ2n) is 9.79. The SMILES string of the molecule is C=CC=O.COc1ccc2c(c1)[C@]13CCCC[C@@H]1[C@H](C2)N(C)CC3.NC(=O)CN1CCCC1=O. The highest BCUT2D eigenvalue weighted by atomic mass is 16.5. The first-order valence-electron chi connectivity index (χ1n) is 12.4. The number of fused-ring (bicyclic) bond motifs is 1. The van der Waals surface area contributed by atoms with Crippen molar-refractivity contribution >= 4 is 18.1 Å². The average molecular weight is 470 g/mol. The zero-order valence-corrected chi connectivity index (χ0v) is 20.6. The smallest absolute Gasteiger partial charge is 0.237 e. The number of primary amides is 1. The van der Waals surface area contributed by atoms with E-state index in [1.807, 2.05) is 0 Å². The Morgan fingerprint density at radius 2 is 2.03 bits per heavy atom. The maximum atomic E-state index is 10.8. The van der Waals surface area contributed by atoms with Crippen molar-refractivity contribution in [3.8, 4) is 5.75 Å². The van der Waals surface area contributed by atoms with Gasteiger partial charge < -0.3 is 20.3 Å². The van der Waals surface area contributed by atoms with Crippen molar-refractivity contribution < 1.29 is 19.1 Å². The molecule has 2 aliphatic heterocycles. The molecule has 4 aliphatic rings. The van der Waals surface area contributed by atoms with Gasteiger partial charge in [0.2, 0.25) is 11.8 Å². The number of likely N-dealkylation sites (tertiary alicyclic amines) is 2. The molecule has 186 valence electrons. The highest BCUT2D eigenvalue weighted by Gasteiger charge is 2.53. The van der Waals surface area contributed by atoms with E-state index in [1.165, 1.54) is 56.0 Å². The Morgan fingerprint density at radius 3 is 2.65 bits per heavy atom. The number of hydrogen-bond acceptors (Lipinski definition) is 5. The first kappa shape index (κ1) is 25.9. The maximum absolute atomic E-state index is 10.8. The van der Waals surface area contributed by atoms with E-state index in [0.717, 1.165) is 24.1 Å². The van der Waals surface area contributed by atoms with Gasteiger partial charge in [0.25, 0.3) is 0 Å². The quantitative estimate of drug-likeness (QED) is 0.541. The van der Waals surface area contributed by atoms with Crippen LogP contribution in [0.5, 0.6) is 5.75 Å². The standard InChI is InChI=1S/C18H25NO.C6H10N2O2.C3H4O/c1-19-10-9-18-8-4-3-5-15(18)17(19)11-13-6-7-14(20-2)12-16(13)18;7-5(9)4-8-3-1-2-6(8)10;1-2-3-4/h6-7,12,15,17H,3-5,8-11H2,1-2H3;1-4H2,(H2,7,9);2-3H,1H2/t15-,17+,18+;;/m1../s1. The Balaban J connectivity index is 0.000000194. The average Bonchev–Trinajstić information content (AvgIpc) is 3.25. The molecule has 2 aliphatic carbocycles. The molecular weight excluding hydrogens is 430 g/mol. The van der Waals surface area contributed by atoms with Gasteiger partial charge in [0, 0.05) is 24.4 Å². The summed E-state index contributed by atoms with van der Waals surface area (Å²) in [7, 11) is 4.12. The van der Waals surface area contributed by atoms with Gasteiger partial charge in [-0.3, -0.25) is 14.4 Å². The monoisotopic (exact) mass is 469 g/mol. The molecular formula is C27H39N3O4. The summed E-state index contributed by atoms with van der Waals surface area (Å²) in [6.45, 7) is 5.14. The molecule has 3 atom stereocenters. The number of piperidine rings is 1. The Labute approximate surface area is 203 Å². The molecule has 2 N–H and O–H groups in total. The summed E-state index contributed by atoms with van der Waals surface area (Å²) in [6.07, 6.45) is 11.5. The molecule has 0 spiro atoms. The number of amides is 2. The van der Waals surface area contributed by atoms with Crippen LogP contribution in [-0.2, 0) is 26.2 Å². The van der Waals surface area contributed by atoms with Crippen LogP contribution in [0.15, 0.2) is 30.9 Å². The number of carbonyl (C=O) groups is 3. The van der Waals surface area contributed by atoms with Gasteiger partial charge >= 0.3 is 0 Å². The fourth-order valence-corrected chi connectivity index (χ4v) is 6.36. The molecule has 0 radical (unpaired) electrons. The normalized spacial score (nSPS) is 27.1. The molecule has 34 heavy (non-hydrogen) atoms. The third-order valence-corrected chi connectivity index (χ3v) is 7.94. The molecule has 1 aromatic rings. The van der Waals surface area contributed by atoms with Gasteiger partial charge in [0.05, 0.1) is 13.7 Å². The van der Waals surface area contributed by atoms with E-state index in [4.69, 9.17) is 15.3 Å². The largest absolute Gasteiger partial charge is 0.497 e. The Bertz CT molecular complexity index is 896. The van der Waals surface area contributed by atoms with Crippen LogP contribution in [0.1, 0.15) is 56.1 Å². The zero-order valence-electron chi connectivity index (χ0n) is 20.6. The number of nitrogens with zero attached hydrogens (tertiary/aromatic N) is 2. The van der Waals surface area contributed by atoms with E-state index in [9.17, 15) is 9.59 Å². The molecule has 2 bridgehead atoms. The van der Waals surface area contributed by atoms with Gasteiger partial charge in [0.15, 0.2) is 0 Å². The molecule has 1 aromatic carbocycles. The Hall–Kier alpha value is -2.67. The van der Waals surface area contributed by atoms with Crippen molar-refractivity contribution in [1.29, 1.82) is 0 Å². The molecule has 7 nitrogen and oxygen atoms in total. The van der Waals surface area contributed by atoms with Crippen LogP contribution in [0, 0.1) is 5.92 Å². The highest BCUT2D eigenvalue weighted by Crippen LogP contribution is 2.55. The summed E-state index contributed by atoms with van der Waals surface area (Å²) in [5.41, 5.74) is 8.57. The molecule has 5 rings (SSSR count). The van der Waals surface area contributed by atoms with Crippen molar-refractivity contribution in [3.05, 3.63) is 42.0 Å². The van der Waals surface area contributed by atoms with Crippen molar-refractivity contribution in [2.45, 2.75) is 62.8 Å². The first-order valence-corrected chi connectivity index (χ1v) is 12.4. The van der Waals surface area contributed by atoms with Gasteiger partial charge in [-0.1, -0.05) is 25.5 Å². The van der Waals surface area contributed by atoms with E-state index in [1.54, 1.807) is 18.2 Å². The molecule has 2 heterocycles. The van der Waals surface area contributed by atoms with Crippen LogP contribution in [0.3, 0.4) is 0 Å².